The second-order valence-electron chi connectivity index (χ2n) is 3.34. The number of hydrogen-bond acceptors (Lipinski definition) is 5. The third kappa shape index (κ3) is 3.00. The lowest BCUT2D eigenvalue weighted by molar-refractivity contribution is 0.397. The maximum absolute atomic E-state index is 13.3. The SMILES string of the molecule is COc1cc(N/N=C/c2ccccc2F)ncn1. The second-order valence-corrected chi connectivity index (χ2v) is 3.34. The van der Waals surface area contributed by atoms with Crippen LogP contribution >= 0.6 is 0 Å². The van der Waals surface area contributed by atoms with E-state index in [1.807, 2.05) is 0 Å². The summed E-state index contributed by atoms with van der Waals surface area (Å²) in [5.74, 6) is 0.561. The minimum atomic E-state index is -0.330. The number of benzene rings is 1. The van der Waals surface area contributed by atoms with Crippen molar-refractivity contribution < 1.29 is 9.13 Å². The van der Waals surface area contributed by atoms with E-state index in [1.165, 1.54) is 25.7 Å². The maximum atomic E-state index is 13.3. The van der Waals surface area contributed by atoms with Gasteiger partial charge in [-0.2, -0.15) is 5.10 Å². The van der Waals surface area contributed by atoms with Gasteiger partial charge in [0.2, 0.25) is 5.88 Å². The number of anilines is 1. The summed E-state index contributed by atoms with van der Waals surface area (Å²) in [6.07, 6.45) is 2.73. The molecule has 0 atom stereocenters. The number of hydrogen-bond donors (Lipinski definition) is 1. The number of hydrazone groups is 1. The highest BCUT2D eigenvalue weighted by Gasteiger charge is 1.97. The third-order valence-corrected chi connectivity index (χ3v) is 2.14. The van der Waals surface area contributed by atoms with Crippen LogP contribution in [0, 0.1) is 5.82 Å². The molecule has 0 bridgehead atoms. The molecule has 0 saturated carbocycles. The summed E-state index contributed by atoms with van der Waals surface area (Å²) in [5.41, 5.74) is 3.06. The molecule has 6 heteroatoms. The van der Waals surface area contributed by atoms with Crippen molar-refractivity contribution in [2.24, 2.45) is 5.10 Å². The summed E-state index contributed by atoms with van der Waals surface area (Å²) >= 11 is 0. The first-order valence-electron chi connectivity index (χ1n) is 5.19. The van der Waals surface area contributed by atoms with E-state index < -0.39 is 0 Å². The predicted molar refractivity (Wildman–Crippen MR) is 66.2 cm³/mol. The molecule has 92 valence electrons. The fraction of sp³-hybridized carbons (Fsp3) is 0.0833. The van der Waals surface area contributed by atoms with E-state index in [0.29, 0.717) is 17.3 Å². The molecular weight excluding hydrogens is 235 g/mol. The zero-order valence-corrected chi connectivity index (χ0v) is 9.67. The Morgan fingerprint density at radius 2 is 2.17 bits per heavy atom. The number of methoxy groups -OCH3 is 1. The molecule has 0 fully saturated rings. The lowest BCUT2D eigenvalue weighted by atomic mass is 10.2. The van der Waals surface area contributed by atoms with Crippen LogP contribution in [0.4, 0.5) is 10.2 Å². The minimum Gasteiger partial charge on any atom is -0.481 e. The molecule has 0 spiro atoms. The molecule has 1 N–H and O–H groups in total. The fourth-order valence-corrected chi connectivity index (χ4v) is 1.26. The summed E-state index contributed by atoms with van der Waals surface area (Å²) < 4.78 is 18.2. The molecule has 1 aromatic heterocycles. The molecule has 0 saturated heterocycles. The Morgan fingerprint density at radius 1 is 1.33 bits per heavy atom. The fourth-order valence-electron chi connectivity index (χ4n) is 1.26. The first kappa shape index (κ1) is 12.0. The molecule has 0 aliphatic rings. The number of halogens is 1. The van der Waals surface area contributed by atoms with Crippen LogP contribution in [0.25, 0.3) is 0 Å². The van der Waals surface area contributed by atoms with Gasteiger partial charge in [-0.05, 0) is 6.07 Å². The maximum Gasteiger partial charge on any atom is 0.218 e. The summed E-state index contributed by atoms with van der Waals surface area (Å²) in [6.45, 7) is 0. The van der Waals surface area contributed by atoms with E-state index in [0.717, 1.165) is 0 Å². The Morgan fingerprint density at radius 3 is 2.94 bits per heavy atom. The van der Waals surface area contributed by atoms with Gasteiger partial charge in [0.25, 0.3) is 0 Å². The number of aromatic nitrogens is 2. The van der Waals surface area contributed by atoms with E-state index in [4.69, 9.17) is 4.74 Å². The standard InChI is InChI=1S/C12H11FN4O/c1-18-12-6-11(14-8-15-12)17-16-7-9-4-2-3-5-10(9)13/h2-8H,1H3,(H,14,15,17)/b16-7+. The smallest absolute Gasteiger partial charge is 0.218 e. The van der Waals surface area contributed by atoms with Crippen LogP contribution in [0.15, 0.2) is 41.8 Å². The van der Waals surface area contributed by atoms with Crippen molar-refractivity contribution in [3.63, 3.8) is 0 Å². The number of rotatable bonds is 4. The zero-order chi connectivity index (χ0) is 12.8. The Balaban J connectivity index is 2.05. The van der Waals surface area contributed by atoms with Crippen molar-refractivity contribution in [2.75, 3.05) is 12.5 Å². The van der Waals surface area contributed by atoms with Gasteiger partial charge in [0.05, 0.1) is 13.3 Å². The summed E-state index contributed by atoms with van der Waals surface area (Å²) in [5, 5.41) is 3.89. The van der Waals surface area contributed by atoms with Crippen molar-refractivity contribution in [3.8, 4) is 5.88 Å². The second kappa shape index (κ2) is 5.72. The number of ether oxygens (including phenoxy) is 1. The van der Waals surface area contributed by atoms with Gasteiger partial charge < -0.3 is 4.74 Å². The average Bonchev–Trinajstić information content (AvgIpc) is 2.41. The Kier molecular flexibility index (Phi) is 3.80. The molecule has 0 unspecified atom stereocenters. The molecule has 2 rings (SSSR count). The zero-order valence-electron chi connectivity index (χ0n) is 9.67. The van der Waals surface area contributed by atoms with Crippen molar-refractivity contribution in [2.45, 2.75) is 0 Å². The topological polar surface area (TPSA) is 59.4 Å². The van der Waals surface area contributed by atoms with Crippen molar-refractivity contribution in [1.29, 1.82) is 0 Å². The summed E-state index contributed by atoms with van der Waals surface area (Å²) in [7, 11) is 1.51. The molecule has 0 amide bonds. The molecule has 18 heavy (non-hydrogen) atoms. The van der Waals surface area contributed by atoms with Crippen LogP contribution in [-0.2, 0) is 0 Å². The Bertz CT molecular complexity index is 559. The molecule has 2 aromatic rings. The predicted octanol–water partition coefficient (Wildman–Crippen LogP) is 2.07. The van der Waals surface area contributed by atoms with Gasteiger partial charge in [-0.1, -0.05) is 18.2 Å². The highest BCUT2D eigenvalue weighted by Crippen LogP contribution is 2.10. The molecule has 0 aliphatic carbocycles. The molecule has 1 aromatic carbocycles. The number of nitrogens with zero attached hydrogens (tertiary/aromatic N) is 3. The molecular formula is C12H11FN4O. The van der Waals surface area contributed by atoms with Crippen LogP contribution in [0.2, 0.25) is 0 Å². The van der Waals surface area contributed by atoms with Crippen LogP contribution < -0.4 is 10.2 Å². The van der Waals surface area contributed by atoms with Crippen molar-refractivity contribution >= 4 is 12.0 Å². The van der Waals surface area contributed by atoms with Gasteiger partial charge in [-0.25, -0.2) is 14.4 Å². The largest absolute Gasteiger partial charge is 0.481 e. The van der Waals surface area contributed by atoms with Gasteiger partial charge in [-0.3, -0.25) is 5.43 Å². The minimum absolute atomic E-state index is 0.330. The van der Waals surface area contributed by atoms with Gasteiger partial charge >= 0.3 is 0 Å². The Hall–Kier alpha value is -2.50. The first-order valence-corrected chi connectivity index (χ1v) is 5.19. The van der Waals surface area contributed by atoms with Gasteiger partial charge in [0.15, 0.2) is 5.82 Å². The van der Waals surface area contributed by atoms with Crippen molar-refractivity contribution in [3.05, 3.63) is 48.0 Å². The lowest BCUT2D eigenvalue weighted by Crippen LogP contribution is -1.96. The van der Waals surface area contributed by atoms with Crippen LogP contribution in [0.3, 0.4) is 0 Å². The van der Waals surface area contributed by atoms with Crippen LogP contribution in [-0.4, -0.2) is 23.3 Å². The van der Waals surface area contributed by atoms with Crippen LogP contribution in [0.5, 0.6) is 5.88 Å². The third-order valence-electron chi connectivity index (χ3n) is 2.14. The molecule has 1 heterocycles. The average molecular weight is 246 g/mol. The van der Waals surface area contributed by atoms with E-state index in [-0.39, 0.29) is 5.82 Å². The Labute approximate surface area is 103 Å². The normalized spacial score (nSPS) is 10.6. The molecule has 0 aliphatic heterocycles. The quantitative estimate of drug-likeness (QED) is 0.662. The lowest BCUT2D eigenvalue weighted by Gasteiger charge is -2.01. The summed E-state index contributed by atoms with van der Waals surface area (Å²) in [4.78, 5) is 7.78. The first-order chi connectivity index (χ1) is 8.79. The molecule has 0 radical (unpaired) electrons. The van der Waals surface area contributed by atoms with Gasteiger partial charge in [-0.15, -0.1) is 0 Å². The monoisotopic (exact) mass is 246 g/mol. The molecule has 5 nitrogen and oxygen atoms in total. The van der Waals surface area contributed by atoms with Crippen LogP contribution in [0.1, 0.15) is 5.56 Å². The van der Waals surface area contributed by atoms with E-state index >= 15 is 0 Å². The van der Waals surface area contributed by atoms with E-state index in [1.54, 1.807) is 24.3 Å². The number of nitrogens with one attached hydrogen (secondary N) is 1. The van der Waals surface area contributed by atoms with E-state index in [2.05, 4.69) is 20.5 Å². The van der Waals surface area contributed by atoms with Gasteiger partial charge in [0, 0.05) is 11.6 Å². The van der Waals surface area contributed by atoms with Crippen molar-refractivity contribution in [1.82, 2.24) is 9.97 Å². The highest BCUT2D eigenvalue weighted by molar-refractivity contribution is 5.80. The highest BCUT2D eigenvalue weighted by atomic mass is 19.1. The van der Waals surface area contributed by atoms with Gasteiger partial charge in [0.1, 0.15) is 12.1 Å². The van der Waals surface area contributed by atoms with E-state index in [9.17, 15) is 4.39 Å². The summed E-state index contributed by atoms with van der Waals surface area (Å²) in [6, 6.07) is 7.93.